The van der Waals surface area contributed by atoms with Gasteiger partial charge < -0.3 is 10.1 Å². The lowest BCUT2D eigenvalue weighted by molar-refractivity contribution is 0.302. The molecule has 5 heteroatoms. The van der Waals surface area contributed by atoms with E-state index in [1.165, 1.54) is 0 Å². The Morgan fingerprint density at radius 2 is 1.86 bits per heavy atom. The van der Waals surface area contributed by atoms with Crippen LogP contribution < -0.4 is 10.1 Å². The van der Waals surface area contributed by atoms with Gasteiger partial charge in [0.15, 0.2) is 0 Å². The van der Waals surface area contributed by atoms with Gasteiger partial charge in [-0.05, 0) is 62.7 Å². The van der Waals surface area contributed by atoms with Crippen molar-refractivity contribution >= 4 is 31.9 Å². The minimum Gasteiger partial charge on any atom is -0.486 e. The molecule has 0 aliphatic carbocycles. The van der Waals surface area contributed by atoms with Gasteiger partial charge in [0.1, 0.15) is 12.4 Å². The van der Waals surface area contributed by atoms with Gasteiger partial charge in [-0.1, -0.05) is 18.2 Å². The Kier molecular flexibility index (Phi) is 5.80. The highest BCUT2D eigenvalue weighted by Gasteiger charge is 2.10. The van der Waals surface area contributed by atoms with Crippen molar-refractivity contribution < 1.29 is 4.74 Å². The summed E-state index contributed by atoms with van der Waals surface area (Å²) in [6.45, 7) is 1.14. The van der Waals surface area contributed by atoms with Crippen LogP contribution in [0.4, 0.5) is 0 Å². The van der Waals surface area contributed by atoms with E-state index >= 15 is 0 Å². The van der Waals surface area contributed by atoms with Crippen molar-refractivity contribution in [3.05, 3.63) is 62.0 Å². The molecule has 0 bridgehead atoms. The lowest BCUT2D eigenvalue weighted by Gasteiger charge is -2.13. The zero-order valence-corrected chi connectivity index (χ0v) is 14.7. The van der Waals surface area contributed by atoms with Crippen molar-refractivity contribution in [1.29, 1.82) is 5.26 Å². The molecule has 3 nitrogen and oxygen atoms in total. The second-order valence-electron chi connectivity index (χ2n) is 4.48. The number of ether oxygens (including phenoxy) is 1. The summed E-state index contributed by atoms with van der Waals surface area (Å²) in [7, 11) is 1.91. The molecule has 0 fully saturated rings. The molecule has 1 N–H and O–H groups in total. The zero-order valence-electron chi connectivity index (χ0n) is 11.5. The molecule has 0 unspecified atom stereocenters. The van der Waals surface area contributed by atoms with E-state index in [0.717, 1.165) is 32.4 Å². The number of halogens is 2. The average molecular weight is 410 g/mol. The van der Waals surface area contributed by atoms with Gasteiger partial charge in [-0.25, -0.2) is 0 Å². The number of nitrogens with zero attached hydrogens (tertiary/aromatic N) is 1. The Hall–Kier alpha value is -1.35. The maximum absolute atomic E-state index is 9.09. The molecular formula is C16H14Br2N2O. The molecule has 0 atom stereocenters. The topological polar surface area (TPSA) is 45.0 Å². The Balaban J connectivity index is 2.19. The van der Waals surface area contributed by atoms with Crippen molar-refractivity contribution in [2.75, 3.05) is 7.05 Å². The number of benzene rings is 2. The first kappa shape index (κ1) is 16.0. The average Bonchev–Trinajstić information content (AvgIpc) is 2.47. The molecule has 0 heterocycles. The van der Waals surface area contributed by atoms with Crippen LogP contribution in [0.1, 0.15) is 16.7 Å². The highest BCUT2D eigenvalue weighted by Crippen LogP contribution is 2.35. The maximum atomic E-state index is 9.09. The second kappa shape index (κ2) is 7.60. The van der Waals surface area contributed by atoms with Crippen LogP contribution in [0, 0.1) is 11.3 Å². The zero-order chi connectivity index (χ0) is 15.2. The van der Waals surface area contributed by atoms with Gasteiger partial charge in [-0.2, -0.15) is 5.26 Å². The van der Waals surface area contributed by atoms with Crippen LogP contribution in [0.3, 0.4) is 0 Å². The Bertz CT molecular complexity index is 657. The van der Waals surface area contributed by atoms with Crippen LogP contribution >= 0.6 is 31.9 Å². The smallest absolute Gasteiger partial charge is 0.148 e. The third-order valence-electron chi connectivity index (χ3n) is 2.95. The third kappa shape index (κ3) is 4.07. The second-order valence-corrected chi connectivity index (χ2v) is 6.19. The van der Waals surface area contributed by atoms with Gasteiger partial charge >= 0.3 is 0 Å². The first-order valence-electron chi connectivity index (χ1n) is 6.39. The first-order valence-corrected chi connectivity index (χ1v) is 7.97. The lowest BCUT2D eigenvalue weighted by atomic mass is 10.1. The van der Waals surface area contributed by atoms with E-state index < -0.39 is 0 Å². The fraction of sp³-hybridized carbons (Fsp3) is 0.188. The summed E-state index contributed by atoms with van der Waals surface area (Å²) in [5.41, 5.74) is 2.66. The quantitative estimate of drug-likeness (QED) is 0.796. The van der Waals surface area contributed by atoms with Gasteiger partial charge in [0.25, 0.3) is 0 Å². The molecule has 2 rings (SSSR count). The van der Waals surface area contributed by atoms with Crippen LogP contribution in [-0.2, 0) is 13.2 Å². The number of rotatable bonds is 5. The van der Waals surface area contributed by atoms with Crippen LogP contribution in [0.15, 0.2) is 45.3 Å². The molecular weight excluding hydrogens is 396 g/mol. The van der Waals surface area contributed by atoms with Crippen molar-refractivity contribution in [3.63, 3.8) is 0 Å². The monoisotopic (exact) mass is 408 g/mol. The summed E-state index contributed by atoms with van der Waals surface area (Å²) in [5, 5.41) is 12.2. The molecule has 0 aliphatic heterocycles. The van der Waals surface area contributed by atoms with E-state index in [1.54, 1.807) is 6.07 Å². The molecule has 21 heavy (non-hydrogen) atoms. The van der Waals surface area contributed by atoms with Gasteiger partial charge in [0.05, 0.1) is 20.6 Å². The summed E-state index contributed by atoms with van der Waals surface area (Å²) < 4.78 is 7.64. The minimum absolute atomic E-state index is 0.353. The van der Waals surface area contributed by atoms with Crippen molar-refractivity contribution in [2.24, 2.45) is 0 Å². The van der Waals surface area contributed by atoms with Crippen molar-refractivity contribution in [1.82, 2.24) is 5.32 Å². The summed E-state index contributed by atoms with van der Waals surface area (Å²) >= 11 is 7.06. The first-order chi connectivity index (χ1) is 10.2. The molecule has 108 valence electrons. The Morgan fingerprint density at radius 1 is 1.19 bits per heavy atom. The lowest BCUT2D eigenvalue weighted by Crippen LogP contribution is -2.05. The van der Waals surface area contributed by atoms with Gasteiger partial charge in [0, 0.05) is 12.1 Å². The maximum Gasteiger partial charge on any atom is 0.148 e. The van der Waals surface area contributed by atoms with Gasteiger partial charge in [0.2, 0.25) is 0 Å². The van der Waals surface area contributed by atoms with Crippen LogP contribution in [0.25, 0.3) is 0 Å². The number of nitriles is 1. The van der Waals surface area contributed by atoms with Crippen molar-refractivity contribution in [3.8, 4) is 11.8 Å². The van der Waals surface area contributed by atoms with Crippen LogP contribution in [0.2, 0.25) is 0 Å². The van der Waals surface area contributed by atoms with Gasteiger partial charge in [-0.3, -0.25) is 0 Å². The predicted octanol–water partition coefficient (Wildman–Crippen LogP) is 4.38. The van der Waals surface area contributed by atoms with Crippen LogP contribution in [-0.4, -0.2) is 7.05 Å². The standard InChI is InChI=1S/C16H14Br2N2O/c1-20-9-11-6-14(17)16(15(18)7-11)21-10-13-5-3-2-4-12(13)8-19/h2-7,20H,9-10H2,1H3. The molecule has 2 aromatic rings. The van der Waals surface area contributed by atoms with E-state index in [4.69, 9.17) is 10.00 Å². The fourth-order valence-electron chi connectivity index (χ4n) is 1.96. The van der Waals surface area contributed by atoms with E-state index in [9.17, 15) is 0 Å². The number of hydrogen-bond acceptors (Lipinski definition) is 3. The number of hydrogen-bond donors (Lipinski definition) is 1. The van der Waals surface area contributed by atoms with E-state index in [2.05, 4.69) is 43.2 Å². The Labute approximate surface area is 141 Å². The summed E-state index contributed by atoms with van der Waals surface area (Å²) in [4.78, 5) is 0. The Morgan fingerprint density at radius 3 is 2.48 bits per heavy atom. The molecule has 2 aromatic carbocycles. The minimum atomic E-state index is 0.353. The van der Waals surface area contributed by atoms with Crippen LogP contribution in [0.5, 0.6) is 5.75 Å². The summed E-state index contributed by atoms with van der Waals surface area (Å²) in [6, 6.07) is 13.7. The van der Waals surface area contributed by atoms with E-state index in [0.29, 0.717) is 12.2 Å². The normalized spacial score (nSPS) is 10.2. The van der Waals surface area contributed by atoms with E-state index in [1.807, 2.05) is 37.4 Å². The summed E-state index contributed by atoms with van der Waals surface area (Å²) in [6.07, 6.45) is 0. The molecule has 0 saturated heterocycles. The third-order valence-corrected chi connectivity index (χ3v) is 4.13. The molecule has 0 spiro atoms. The van der Waals surface area contributed by atoms with Crippen molar-refractivity contribution in [2.45, 2.75) is 13.2 Å². The predicted molar refractivity (Wildman–Crippen MR) is 90.1 cm³/mol. The van der Waals surface area contributed by atoms with Gasteiger partial charge in [-0.15, -0.1) is 0 Å². The molecule has 0 aromatic heterocycles. The molecule has 0 amide bonds. The fourth-order valence-corrected chi connectivity index (χ4v) is 3.47. The largest absolute Gasteiger partial charge is 0.486 e. The molecule has 0 radical (unpaired) electrons. The highest BCUT2D eigenvalue weighted by atomic mass is 79.9. The van der Waals surface area contributed by atoms with E-state index in [-0.39, 0.29) is 0 Å². The SMILES string of the molecule is CNCc1cc(Br)c(OCc2ccccc2C#N)c(Br)c1. The summed E-state index contributed by atoms with van der Waals surface area (Å²) in [5.74, 6) is 0.739. The number of nitrogens with one attached hydrogen (secondary N) is 1. The molecule has 0 aliphatic rings. The molecule has 0 saturated carbocycles. The highest BCUT2D eigenvalue weighted by molar-refractivity contribution is 9.11.